The van der Waals surface area contributed by atoms with Gasteiger partial charge in [-0.05, 0) is 18.1 Å². The highest BCUT2D eigenvalue weighted by atomic mass is 16.4. The summed E-state index contributed by atoms with van der Waals surface area (Å²) >= 11 is 0. The molecule has 0 aliphatic rings. The minimum atomic E-state index is -1.19. The van der Waals surface area contributed by atoms with Gasteiger partial charge in [0.25, 0.3) is 0 Å². The Labute approximate surface area is 143 Å². The first-order valence-electron chi connectivity index (χ1n) is 7.81. The van der Waals surface area contributed by atoms with Crippen LogP contribution in [0.15, 0.2) is 30.5 Å². The second kappa shape index (κ2) is 6.71. The van der Waals surface area contributed by atoms with Crippen LogP contribution in [0, 0.1) is 5.92 Å². The molecular weight excluding hydrogens is 324 g/mol. The zero-order chi connectivity index (χ0) is 18.0. The molecule has 0 fully saturated rings. The molecular formula is C16H18N6O3. The number of benzene rings is 1. The Morgan fingerprint density at radius 2 is 2.08 bits per heavy atom. The molecule has 3 rings (SSSR count). The Morgan fingerprint density at radius 3 is 2.72 bits per heavy atom. The van der Waals surface area contributed by atoms with Crippen LogP contribution in [0.2, 0.25) is 0 Å². The fourth-order valence-corrected chi connectivity index (χ4v) is 2.51. The summed E-state index contributed by atoms with van der Waals surface area (Å²) in [6.45, 7) is 3.84. The number of carboxylic acid groups (broad SMARTS) is 1. The maximum Gasteiger partial charge on any atom is 0.358 e. The van der Waals surface area contributed by atoms with E-state index in [2.05, 4.69) is 25.6 Å². The molecule has 130 valence electrons. The minimum Gasteiger partial charge on any atom is -0.476 e. The van der Waals surface area contributed by atoms with Gasteiger partial charge in [-0.15, -0.1) is 5.10 Å². The summed E-state index contributed by atoms with van der Waals surface area (Å²) in [6.07, 6.45) is 1.22. The van der Waals surface area contributed by atoms with Crippen LogP contribution in [0.1, 0.15) is 36.2 Å². The Morgan fingerprint density at radius 1 is 1.32 bits per heavy atom. The molecule has 0 spiro atoms. The Balaban J connectivity index is 1.74. The second-order valence-electron chi connectivity index (χ2n) is 6.03. The number of aromatic carboxylic acids is 1. The van der Waals surface area contributed by atoms with Crippen molar-refractivity contribution in [3.05, 3.63) is 42.0 Å². The number of amides is 1. The summed E-state index contributed by atoms with van der Waals surface area (Å²) in [4.78, 5) is 30.9. The zero-order valence-electron chi connectivity index (χ0n) is 13.8. The van der Waals surface area contributed by atoms with E-state index in [1.54, 1.807) is 0 Å². The molecule has 2 heterocycles. The van der Waals surface area contributed by atoms with Crippen LogP contribution >= 0.6 is 0 Å². The first-order chi connectivity index (χ1) is 11.9. The lowest BCUT2D eigenvalue weighted by Gasteiger charge is -2.20. The maximum absolute atomic E-state index is 12.3. The van der Waals surface area contributed by atoms with Crippen LogP contribution in [0.25, 0.3) is 11.0 Å². The van der Waals surface area contributed by atoms with Crippen molar-refractivity contribution in [2.24, 2.45) is 5.92 Å². The SMILES string of the molecule is CC(C)C(NC(=O)Cn1cc(C(=O)O)nn1)c1nc2ccccc2[nH]1. The molecule has 1 unspecified atom stereocenters. The Bertz CT molecular complexity index is 880. The van der Waals surface area contributed by atoms with E-state index in [4.69, 9.17) is 5.11 Å². The summed E-state index contributed by atoms with van der Waals surface area (Å²) < 4.78 is 1.19. The van der Waals surface area contributed by atoms with Gasteiger partial charge in [-0.3, -0.25) is 4.79 Å². The van der Waals surface area contributed by atoms with E-state index in [-0.39, 0.29) is 30.1 Å². The van der Waals surface area contributed by atoms with Crippen LogP contribution in [0.3, 0.4) is 0 Å². The molecule has 0 aliphatic heterocycles. The van der Waals surface area contributed by atoms with Crippen molar-refractivity contribution in [2.45, 2.75) is 26.4 Å². The molecule has 0 saturated carbocycles. The van der Waals surface area contributed by atoms with Crippen molar-refractivity contribution >= 4 is 22.9 Å². The Hall–Kier alpha value is -3.23. The number of carboxylic acids is 1. The third kappa shape index (κ3) is 3.65. The van der Waals surface area contributed by atoms with Gasteiger partial charge in [-0.1, -0.05) is 31.2 Å². The molecule has 3 N–H and O–H groups in total. The van der Waals surface area contributed by atoms with Crippen molar-refractivity contribution in [1.29, 1.82) is 0 Å². The van der Waals surface area contributed by atoms with E-state index < -0.39 is 5.97 Å². The van der Waals surface area contributed by atoms with Crippen LogP contribution in [-0.2, 0) is 11.3 Å². The molecule has 1 amide bonds. The van der Waals surface area contributed by atoms with Gasteiger partial charge >= 0.3 is 5.97 Å². The van der Waals surface area contributed by atoms with Gasteiger partial charge in [0.1, 0.15) is 12.4 Å². The highest BCUT2D eigenvalue weighted by Crippen LogP contribution is 2.22. The number of aromatic amines is 1. The van der Waals surface area contributed by atoms with Crippen molar-refractivity contribution in [2.75, 3.05) is 0 Å². The van der Waals surface area contributed by atoms with E-state index in [1.807, 2.05) is 38.1 Å². The fraction of sp³-hybridized carbons (Fsp3) is 0.312. The monoisotopic (exact) mass is 342 g/mol. The smallest absolute Gasteiger partial charge is 0.358 e. The summed E-state index contributed by atoms with van der Waals surface area (Å²) in [5, 5.41) is 18.9. The molecule has 2 aromatic heterocycles. The first kappa shape index (κ1) is 16.6. The number of para-hydroxylation sites is 2. The number of nitrogens with one attached hydrogen (secondary N) is 2. The first-order valence-corrected chi connectivity index (χ1v) is 7.81. The average Bonchev–Trinajstić information content (AvgIpc) is 3.18. The molecule has 0 saturated heterocycles. The predicted molar refractivity (Wildman–Crippen MR) is 88.8 cm³/mol. The standard InChI is InChI=1S/C16H18N6O3/c1-9(2)14(15-17-10-5-3-4-6-11(10)18-15)19-13(23)8-22-7-12(16(24)25)20-21-22/h3-7,9,14H,8H2,1-2H3,(H,17,18)(H,19,23)(H,24,25). The van der Waals surface area contributed by atoms with E-state index in [9.17, 15) is 9.59 Å². The molecule has 0 radical (unpaired) electrons. The lowest BCUT2D eigenvalue weighted by atomic mass is 10.0. The van der Waals surface area contributed by atoms with Gasteiger partial charge in [0.2, 0.25) is 5.91 Å². The molecule has 9 nitrogen and oxygen atoms in total. The number of fused-ring (bicyclic) bond motifs is 1. The van der Waals surface area contributed by atoms with Crippen molar-refractivity contribution < 1.29 is 14.7 Å². The minimum absolute atomic E-state index is 0.106. The third-order valence-electron chi connectivity index (χ3n) is 3.75. The average molecular weight is 342 g/mol. The highest BCUT2D eigenvalue weighted by molar-refractivity contribution is 5.85. The molecule has 3 aromatic rings. The predicted octanol–water partition coefficient (Wildman–Crippen LogP) is 1.37. The fourth-order valence-electron chi connectivity index (χ4n) is 2.51. The normalized spacial score (nSPS) is 12.4. The van der Waals surface area contributed by atoms with Gasteiger partial charge in [-0.2, -0.15) is 0 Å². The molecule has 1 aromatic carbocycles. The molecule has 0 bridgehead atoms. The van der Waals surface area contributed by atoms with Gasteiger partial charge < -0.3 is 15.4 Å². The third-order valence-corrected chi connectivity index (χ3v) is 3.75. The van der Waals surface area contributed by atoms with Crippen LogP contribution in [0.5, 0.6) is 0 Å². The van der Waals surface area contributed by atoms with Gasteiger partial charge in [0.05, 0.1) is 23.3 Å². The number of H-pyrrole nitrogens is 1. The summed E-state index contributed by atoms with van der Waals surface area (Å²) in [7, 11) is 0. The summed E-state index contributed by atoms with van der Waals surface area (Å²) in [5.41, 5.74) is 1.53. The maximum atomic E-state index is 12.3. The largest absolute Gasteiger partial charge is 0.476 e. The molecule has 0 aliphatic carbocycles. The van der Waals surface area contributed by atoms with E-state index >= 15 is 0 Å². The number of hydrogen-bond donors (Lipinski definition) is 3. The van der Waals surface area contributed by atoms with Crippen molar-refractivity contribution in [3.8, 4) is 0 Å². The van der Waals surface area contributed by atoms with Crippen LogP contribution in [0.4, 0.5) is 0 Å². The number of hydrogen-bond acceptors (Lipinski definition) is 5. The quantitative estimate of drug-likeness (QED) is 0.621. The Kier molecular flexibility index (Phi) is 4.46. The van der Waals surface area contributed by atoms with Crippen molar-refractivity contribution in [3.63, 3.8) is 0 Å². The van der Waals surface area contributed by atoms with Crippen LogP contribution < -0.4 is 5.32 Å². The van der Waals surface area contributed by atoms with E-state index in [1.165, 1.54) is 10.9 Å². The zero-order valence-corrected chi connectivity index (χ0v) is 13.8. The molecule has 25 heavy (non-hydrogen) atoms. The number of rotatable bonds is 6. The van der Waals surface area contributed by atoms with E-state index in [0.717, 1.165) is 11.0 Å². The topological polar surface area (TPSA) is 126 Å². The molecule has 9 heteroatoms. The van der Waals surface area contributed by atoms with Crippen LogP contribution in [-0.4, -0.2) is 41.9 Å². The lowest BCUT2D eigenvalue weighted by molar-refractivity contribution is -0.123. The number of aromatic nitrogens is 5. The highest BCUT2D eigenvalue weighted by Gasteiger charge is 2.22. The molecule has 1 atom stereocenters. The lowest BCUT2D eigenvalue weighted by Crippen LogP contribution is -2.35. The summed E-state index contributed by atoms with van der Waals surface area (Å²) in [6, 6.07) is 7.34. The second-order valence-corrected chi connectivity index (χ2v) is 6.03. The van der Waals surface area contributed by atoms with Gasteiger partial charge in [-0.25, -0.2) is 14.5 Å². The van der Waals surface area contributed by atoms with Gasteiger partial charge in [0.15, 0.2) is 5.69 Å². The number of imidazole rings is 1. The van der Waals surface area contributed by atoms with Gasteiger partial charge in [0, 0.05) is 0 Å². The van der Waals surface area contributed by atoms with E-state index in [0.29, 0.717) is 5.82 Å². The number of carbonyl (C=O) groups is 2. The number of nitrogens with zero attached hydrogens (tertiary/aromatic N) is 4. The number of carbonyl (C=O) groups excluding carboxylic acids is 1. The van der Waals surface area contributed by atoms with Crippen molar-refractivity contribution in [1.82, 2.24) is 30.3 Å². The summed E-state index contributed by atoms with van der Waals surface area (Å²) in [5.74, 6) is -0.709.